The standard InChI is InChI=1S/C22H22FN7/c1-4-13(10-24-6-3)9-14(5-2)20-19(23)18-17(12-26-20)29-30-21(18)22-27-15-7-8-25-11-16(15)28-22/h4-5,7-9,11-12,24H,1,6,10H2,2-3H3,(H,27,28)(H,29,30)/b13-9+,14-5+. The number of imidazole rings is 1. The Bertz CT molecular complexity index is 1250. The molecule has 4 rings (SSSR count). The van der Waals surface area contributed by atoms with Crippen LogP contribution in [0.15, 0.2) is 55.0 Å². The fourth-order valence-corrected chi connectivity index (χ4v) is 3.26. The van der Waals surface area contributed by atoms with Gasteiger partial charge < -0.3 is 10.3 Å². The molecular formula is C22H22FN7. The summed E-state index contributed by atoms with van der Waals surface area (Å²) in [5.74, 6) is 0.0165. The molecule has 4 aromatic rings. The zero-order valence-corrected chi connectivity index (χ0v) is 16.8. The maximum absolute atomic E-state index is 15.7. The van der Waals surface area contributed by atoms with Crippen LogP contribution >= 0.6 is 0 Å². The zero-order valence-electron chi connectivity index (χ0n) is 16.8. The summed E-state index contributed by atoms with van der Waals surface area (Å²) < 4.78 is 15.7. The highest BCUT2D eigenvalue weighted by atomic mass is 19.1. The number of nitrogens with one attached hydrogen (secondary N) is 3. The third kappa shape index (κ3) is 3.53. The number of likely N-dealkylation sites (N-methyl/N-ethyl adjacent to an activating group) is 1. The van der Waals surface area contributed by atoms with Crippen molar-refractivity contribution in [2.75, 3.05) is 13.1 Å². The van der Waals surface area contributed by atoms with Gasteiger partial charge in [-0.2, -0.15) is 5.10 Å². The smallest absolute Gasteiger partial charge is 0.161 e. The van der Waals surface area contributed by atoms with Crippen molar-refractivity contribution in [2.45, 2.75) is 13.8 Å². The van der Waals surface area contributed by atoms with E-state index in [1.807, 2.05) is 26.0 Å². The third-order valence-electron chi connectivity index (χ3n) is 4.82. The highest BCUT2D eigenvalue weighted by Crippen LogP contribution is 2.31. The molecule has 0 spiro atoms. The molecule has 0 aliphatic carbocycles. The van der Waals surface area contributed by atoms with E-state index in [-0.39, 0.29) is 5.69 Å². The average Bonchev–Trinajstić information content (AvgIpc) is 3.39. The molecule has 0 aromatic carbocycles. The topological polar surface area (TPSA) is 95.2 Å². The van der Waals surface area contributed by atoms with Crippen molar-refractivity contribution >= 4 is 27.5 Å². The van der Waals surface area contributed by atoms with Crippen molar-refractivity contribution in [3.63, 3.8) is 0 Å². The minimum absolute atomic E-state index is 0.251. The Morgan fingerprint density at radius 3 is 2.90 bits per heavy atom. The quantitative estimate of drug-likeness (QED) is 0.403. The van der Waals surface area contributed by atoms with Gasteiger partial charge in [-0.3, -0.25) is 15.1 Å². The maximum Gasteiger partial charge on any atom is 0.161 e. The van der Waals surface area contributed by atoms with E-state index in [1.54, 1.807) is 30.7 Å². The van der Waals surface area contributed by atoms with E-state index in [2.05, 4.69) is 42.0 Å². The number of hydrogen-bond donors (Lipinski definition) is 3. The van der Waals surface area contributed by atoms with Gasteiger partial charge in [-0.15, -0.1) is 0 Å². The lowest BCUT2D eigenvalue weighted by molar-refractivity contribution is 0.630. The first-order chi connectivity index (χ1) is 14.7. The van der Waals surface area contributed by atoms with Gasteiger partial charge in [0.25, 0.3) is 0 Å². The number of pyridine rings is 2. The molecule has 0 saturated carbocycles. The number of H-pyrrole nitrogens is 2. The number of fused-ring (bicyclic) bond motifs is 2. The van der Waals surface area contributed by atoms with Gasteiger partial charge in [-0.1, -0.05) is 25.7 Å². The van der Waals surface area contributed by atoms with Crippen LogP contribution in [0.25, 0.3) is 39.0 Å². The van der Waals surface area contributed by atoms with Crippen LogP contribution in [0.3, 0.4) is 0 Å². The van der Waals surface area contributed by atoms with E-state index >= 15 is 4.39 Å². The molecule has 0 radical (unpaired) electrons. The van der Waals surface area contributed by atoms with E-state index in [0.29, 0.717) is 34.5 Å². The maximum atomic E-state index is 15.7. The molecule has 4 heterocycles. The first kappa shape index (κ1) is 19.7. The van der Waals surface area contributed by atoms with Gasteiger partial charge in [0.15, 0.2) is 11.6 Å². The van der Waals surface area contributed by atoms with Crippen LogP contribution in [-0.2, 0) is 0 Å². The van der Waals surface area contributed by atoms with Crippen molar-refractivity contribution in [2.24, 2.45) is 0 Å². The molecule has 0 saturated heterocycles. The predicted molar refractivity (Wildman–Crippen MR) is 117 cm³/mol. The van der Waals surface area contributed by atoms with Crippen molar-refractivity contribution in [3.05, 3.63) is 66.5 Å². The molecule has 0 amide bonds. The highest BCUT2D eigenvalue weighted by molar-refractivity contribution is 5.95. The Morgan fingerprint density at radius 2 is 2.17 bits per heavy atom. The number of halogens is 1. The second kappa shape index (κ2) is 8.38. The van der Waals surface area contributed by atoms with Gasteiger partial charge in [0, 0.05) is 12.7 Å². The van der Waals surface area contributed by atoms with Crippen molar-refractivity contribution in [3.8, 4) is 11.5 Å². The Hall–Kier alpha value is -3.65. The average molecular weight is 403 g/mol. The van der Waals surface area contributed by atoms with Gasteiger partial charge in [-0.05, 0) is 36.8 Å². The molecule has 0 aliphatic heterocycles. The van der Waals surface area contributed by atoms with Crippen molar-refractivity contribution in [1.29, 1.82) is 0 Å². The first-order valence-corrected chi connectivity index (χ1v) is 9.69. The van der Waals surface area contributed by atoms with E-state index in [0.717, 1.165) is 23.2 Å². The summed E-state index contributed by atoms with van der Waals surface area (Å²) in [7, 11) is 0. The molecule has 0 fully saturated rings. The lowest BCUT2D eigenvalue weighted by Gasteiger charge is -2.08. The number of hydrogen-bond acceptors (Lipinski definition) is 5. The normalized spacial score (nSPS) is 12.8. The Balaban J connectivity index is 1.83. The predicted octanol–water partition coefficient (Wildman–Crippen LogP) is 4.16. The fraction of sp³-hybridized carbons (Fsp3) is 0.182. The summed E-state index contributed by atoms with van der Waals surface area (Å²) in [4.78, 5) is 16.1. The van der Waals surface area contributed by atoms with Gasteiger partial charge in [-0.25, -0.2) is 9.37 Å². The van der Waals surface area contributed by atoms with Crippen LogP contribution in [0, 0.1) is 5.82 Å². The molecule has 0 atom stereocenters. The van der Waals surface area contributed by atoms with Crippen LogP contribution in [0.5, 0.6) is 0 Å². The fourth-order valence-electron chi connectivity index (χ4n) is 3.26. The van der Waals surface area contributed by atoms with E-state index in [4.69, 9.17) is 0 Å². The molecule has 30 heavy (non-hydrogen) atoms. The lowest BCUT2D eigenvalue weighted by Crippen LogP contribution is -2.15. The van der Waals surface area contributed by atoms with Crippen molar-refractivity contribution in [1.82, 2.24) is 35.5 Å². The van der Waals surface area contributed by atoms with Gasteiger partial charge in [0.2, 0.25) is 0 Å². The first-order valence-electron chi connectivity index (χ1n) is 9.69. The minimum atomic E-state index is -0.453. The molecule has 0 unspecified atom stereocenters. The molecule has 3 N–H and O–H groups in total. The summed E-state index contributed by atoms with van der Waals surface area (Å²) >= 11 is 0. The summed E-state index contributed by atoms with van der Waals surface area (Å²) in [5.41, 5.74) is 4.27. The second-order valence-electron chi connectivity index (χ2n) is 6.71. The zero-order chi connectivity index (χ0) is 21.1. The van der Waals surface area contributed by atoms with E-state index in [9.17, 15) is 0 Å². The van der Waals surface area contributed by atoms with Crippen molar-refractivity contribution < 1.29 is 4.39 Å². The van der Waals surface area contributed by atoms with Crippen LogP contribution in [-0.4, -0.2) is 43.2 Å². The Labute approximate surface area is 172 Å². The van der Waals surface area contributed by atoms with Gasteiger partial charge in [0.05, 0.1) is 34.3 Å². The molecule has 8 heteroatoms. The largest absolute Gasteiger partial charge is 0.335 e. The van der Waals surface area contributed by atoms with E-state index in [1.165, 1.54) is 0 Å². The number of aromatic amines is 2. The number of nitrogens with zero attached hydrogens (tertiary/aromatic N) is 4. The minimum Gasteiger partial charge on any atom is -0.335 e. The summed E-state index contributed by atoms with van der Waals surface area (Å²) in [5, 5.41) is 10.7. The summed E-state index contributed by atoms with van der Waals surface area (Å²) in [6.45, 7) is 9.21. The van der Waals surface area contributed by atoms with E-state index < -0.39 is 5.82 Å². The number of aromatic nitrogens is 6. The van der Waals surface area contributed by atoms with Crippen LogP contribution in [0.4, 0.5) is 4.39 Å². The monoisotopic (exact) mass is 403 g/mol. The molecule has 4 aromatic heterocycles. The highest BCUT2D eigenvalue weighted by Gasteiger charge is 2.20. The summed E-state index contributed by atoms with van der Waals surface area (Å²) in [6, 6.07) is 1.79. The number of allylic oxidation sites excluding steroid dienone is 3. The second-order valence-corrected chi connectivity index (χ2v) is 6.71. The van der Waals surface area contributed by atoms with Gasteiger partial charge in [0.1, 0.15) is 11.4 Å². The van der Waals surface area contributed by atoms with Crippen LogP contribution < -0.4 is 5.32 Å². The van der Waals surface area contributed by atoms with Gasteiger partial charge >= 0.3 is 0 Å². The van der Waals surface area contributed by atoms with Crippen LogP contribution in [0.2, 0.25) is 0 Å². The Kier molecular flexibility index (Phi) is 5.49. The molecular weight excluding hydrogens is 381 g/mol. The summed E-state index contributed by atoms with van der Waals surface area (Å²) in [6.07, 6.45) is 10.4. The third-order valence-corrected chi connectivity index (χ3v) is 4.82. The molecule has 0 aliphatic rings. The molecule has 0 bridgehead atoms. The molecule has 152 valence electrons. The van der Waals surface area contributed by atoms with Crippen LogP contribution in [0.1, 0.15) is 19.5 Å². The number of rotatable bonds is 7. The molecule has 7 nitrogen and oxygen atoms in total. The SMILES string of the molecule is C=C/C(=C\C(=C/C)c1ncc2[nH]nc(-c3nc4ccncc4[nH]3)c2c1F)CNCC. The Morgan fingerprint density at radius 1 is 1.30 bits per heavy atom. The lowest BCUT2D eigenvalue weighted by atomic mass is 10.0.